The molecule has 5 nitrogen and oxygen atoms in total. The minimum absolute atomic E-state index is 0.103. The standard InChI is InChI=1S/C19H17N2O3/c1-3-17(22)14-9-16-18-13(10-21(16,24)19(23)11(14)2)8-12-6-4-5-7-15(12)20-18/h4-9,24H,3,10H2,1-2H3/q+1. The third-order valence-corrected chi connectivity index (χ3v) is 4.81. The molecule has 1 aromatic heterocycles. The lowest BCUT2D eigenvalue weighted by atomic mass is 9.97. The van der Waals surface area contributed by atoms with Crippen molar-refractivity contribution < 1.29 is 19.4 Å². The van der Waals surface area contributed by atoms with E-state index in [1.807, 2.05) is 30.3 Å². The Morgan fingerprint density at radius 3 is 2.83 bits per heavy atom. The highest BCUT2D eigenvalue weighted by Gasteiger charge is 2.53. The van der Waals surface area contributed by atoms with E-state index in [4.69, 9.17) is 0 Å². The van der Waals surface area contributed by atoms with Crippen LogP contribution in [0.1, 0.15) is 31.5 Å². The number of nitrogens with zero attached hydrogens (tertiary/aromatic N) is 2. The zero-order valence-corrected chi connectivity index (χ0v) is 13.5. The van der Waals surface area contributed by atoms with E-state index in [-0.39, 0.29) is 12.3 Å². The van der Waals surface area contributed by atoms with E-state index >= 15 is 0 Å². The second-order valence-corrected chi connectivity index (χ2v) is 6.27. The summed E-state index contributed by atoms with van der Waals surface area (Å²) in [5.41, 5.74) is 3.29. The van der Waals surface area contributed by atoms with Crippen LogP contribution in [0.15, 0.2) is 47.6 Å². The molecule has 0 radical (unpaired) electrons. The fraction of sp³-hybridized carbons (Fsp3) is 0.211. The summed E-state index contributed by atoms with van der Waals surface area (Å²) in [7, 11) is 0. The van der Waals surface area contributed by atoms with E-state index in [0.717, 1.165) is 16.5 Å². The molecule has 120 valence electrons. The van der Waals surface area contributed by atoms with Gasteiger partial charge in [0.25, 0.3) is 0 Å². The van der Waals surface area contributed by atoms with Gasteiger partial charge in [-0.1, -0.05) is 29.8 Å². The number of fused-ring (bicyclic) bond motifs is 4. The van der Waals surface area contributed by atoms with Crippen LogP contribution in [0.5, 0.6) is 0 Å². The molecule has 5 heteroatoms. The predicted molar refractivity (Wildman–Crippen MR) is 88.5 cm³/mol. The van der Waals surface area contributed by atoms with Crippen LogP contribution in [-0.2, 0) is 16.1 Å². The monoisotopic (exact) mass is 321 g/mol. The van der Waals surface area contributed by atoms with Crippen LogP contribution in [-0.4, -0.2) is 26.5 Å². The van der Waals surface area contributed by atoms with Crippen molar-refractivity contribution in [2.45, 2.75) is 26.8 Å². The first-order chi connectivity index (χ1) is 11.5. The van der Waals surface area contributed by atoms with E-state index in [2.05, 4.69) is 4.98 Å². The Bertz CT molecular complexity index is 987. The number of ketones is 1. The van der Waals surface area contributed by atoms with Crippen molar-refractivity contribution in [3.63, 3.8) is 0 Å². The van der Waals surface area contributed by atoms with Crippen molar-refractivity contribution in [2.75, 3.05) is 0 Å². The summed E-state index contributed by atoms with van der Waals surface area (Å²) in [6, 6.07) is 9.62. The molecule has 1 unspecified atom stereocenters. The zero-order chi connectivity index (χ0) is 17.1. The maximum Gasteiger partial charge on any atom is 0.379 e. The van der Waals surface area contributed by atoms with Crippen LogP contribution in [0.25, 0.3) is 16.6 Å². The summed E-state index contributed by atoms with van der Waals surface area (Å²) >= 11 is 0. The number of carbonyl (C=O) groups is 2. The first-order valence-corrected chi connectivity index (χ1v) is 7.97. The number of rotatable bonds is 2. The molecule has 24 heavy (non-hydrogen) atoms. The van der Waals surface area contributed by atoms with Gasteiger partial charge in [0.15, 0.2) is 12.3 Å². The van der Waals surface area contributed by atoms with Gasteiger partial charge in [0.1, 0.15) is 5.69 Å². The second-order valence-electron chi connectivity index (χ2n) is 6.27. The number of amides is 1. The Hall–Kier alpha value is -2.63. The molecule has 0 saturated heterocycles. The van der Waals surface area contributed by atoms with Crippen LogP contribution in [0.3, 0.4) is 0 Å². The first-order valence-electron chi connectivity index (χ1n) is 7.97. The van der Waals surface area contributed by atoms with Gasteiger partial charge >= 0.3 is 5.91 Å². The van der Waals surface area contributed by atoms with E-state index < -0.39 is 10.6 Å². The van der Waals surface area contributed by atoms with Crippen LogP contribution < -0.4 is 0 Å². The van der Waals surface area contributed by atoms with E-state index in [1.165, 1.54) is 0 Å². The Morgan fingerprint density at radius 2 is 2.08 bits per heavy atom. The summed E-state index contributed by atoms with van der Waals surface area (Å²) in [6.45, 7) is 3.50. The molecule has 0 bridgehead atoms. The normalized spacial score (nSPS) is 22.5. The number of hydrogen-bond donors (Lipinski definition) is 1. The number of benzene rings is 1. The van der Waals surface area contributed by atoms with Crippen molar-refractivity contribution >= 4 is 28.3 Å². The van der Waals surface area contributed by atoms with Gasteiger partial charge in [-0.15, -0.1) is 0 Å². The highest BCUT2D eigenvalue weighted by atomic mass is 16.6. The molecule has 2 aliphatic rings. The number of hydroxylamine groups is 3. The van der Waals surface area contributed by atoms with Crippen LogP contribution in [0.4, 0.5) is 0 Å². The molecule has 1 atom stereocenters. The van der Waals surface area contributed by atoms with E-state index in [9.17, 15) is 14.8 Å². The van der Waals surface area contributed by atoms with E-state index in [0.29, 0.717) is 29.0 Å². The van der Waals surface area contributed by atoms with Crippen LogP contribution in [0, 0.1) is 0 Å². The molecule has 1 aromatic carbocycles. The molecule has 2 aliphatic heterocycles. The number of aromatic nitrogens is 1. The molecule has 4 rings (SSSR count). The van der Waals surface area contributed by atoms with Crippen molar-refractivity contribution in [3.05, 3.63) is 58.8 Å². The van der Waals surface area contributed by atoms with Gasteiger partial charge in [0, 0.05) is 29.0 Å². The lowest BCUT2D eigenvalue weighted by Gasteiger charge is -2.27. The summed E-state index contributed by atoms with van der Waals surface area (Å²) in [5, 5.41) is 11.9. The smallest absolute Gasteiger partial charge is 0.294 e. The number of carbonyl (C=O) groups excluding carboxylic acids is 2. The number of pyridine rings is 1. The zero-order valence-electron chi connectivity index (χ0n) is 13.5. The minimum atomic E-state index is -0.828. The lowest BCUT2D eigenvalue weighted by Crippen LogP contribution is -2.47. The van der Waals surface area contributed by atoms with Crippen molar-refractivity contribution in [3.8, 4) is 0 Å². The van der Waals surface area contributed by atoms with Crippen molar-refractivity contribution in [1.82, 2.24) is 4.98 Å². The van der Waals surface area contributed by atoms with Crippen molar-refractivity contribution in [2.24, 2.45) is 0 Å². The quantitative estimate of drug-likeness (QED) is 0.681. The molecule has 0 spiro atoms. The Balaban J connectivity index is 1.98. The number of Topliss-reactive ketones (excluding diaryl/α,β-unsaturated/α-hetero) is 1. The van der Waals surface area contributed by atoms with Crippen LogP contribution >= 0.6 is 0 Å². The largest absolute Gasteiger partial charge is 0.379 e. The average Bonchev–Trinajstić information content (AvgIpc) is 2.87. The van der Waals surface area contributed by atoms with Gasteiger partial charge in [-0.05, 0) is 19.1 Å². The summed E-state index contributed by atoms with van der Waals surface area (Å²) in [6.07, 6.45) is 1.95. The average molecular weight is 321 g/mol. The van der Waals surface area contributed by atoms with Crippen LogP contribution in [0.2, 0.25) is 0 Å². The van der Waals surface area contributed by atoms with Gasteiger partial charge in [0.2, 0.25) is 5.70 Å². The lowest BCUT2D eigenvalue weighted by molar-refractivity contribution is -0.988. The molecular formula is C19H17N2O3+. The highest BCUT2D eigenvalue weighted by Crippen LogP contribution is 2.43. The molecule has 0 fully saturated rings. The Labute approximate surface area is 139 Å². The number of hydrogen-bond acceptors (Lipinski definition) is 4. The first kappa shape index (κ1) is 14.9. The van der Waals surface area contributed by atoms with Gasteiger partial charge < -0.3 is 0 Å². The number of allylic oxidation sites excluding steroid dienone is 2. The summed E-state index contributed by atoms with van der Waals surface area (Å²) < 4.78 is -0.828. The van der Waals surface area contributed by atoms with E-state index in [1.54, 1.807) is 19.9 Å². The third kappa shape index (κ3) is 1.85. The Kier molecular flexibility index (Phi) is 3.07. The third-order valence-electron chi connectivity index (χ3n) is 4.81. The fourth-order valence-electron chi connectivity index (χ4n) is 3.48. The fourth-order valence-corrected chi connectivity index (χ4v) is 3.48. The summed E-state index contributed by atoms with van der Waals surface area (Å²) in [4.78, 5) is 29.6. The molecule has 3 heterocycles. The van der Waals surface area contributed by atoms with Gasteiger partial charge in [0.05, 0.1) is 11.1 Å². The molecule has 1 N–H and O–H groups in total. The maximum atomic E-state index is 12.8. The molecule has 2 aromatic rings. The van der Waals surface area contributed by atoms with Gasteiger partial charge in [-0.25, -0.2) is 15.0 Å². The SMILES string of the molecule is CCC(=O)C1=C(C)C(=O)[N+]2(O)Cc3cc4ccccc4nc3C2=C1. The molecular weight excluding hydrogens is 304 g/mol. The topological polar surface area (TPSA) is 67.3 Å². The minimum Gasteiger partial charge on any atom is -0.294 e. The number of para-hydroxylation sites is 1. The second kappa shape index (κ2) is 4.93. The maximum absolute atomic E-state index is 12.8. The van der Waals surface area contributed by atoms with Gasteiger partial charge in [-0.2, -0.15) is 0 Å². The molecule has 1 amide bonds. The summed E-state index contributed by atoms with van der Waals surface area (Å²) in [5.74, 6) is -0.555. The molecule has 0 aliphatic carbocycles. The van der Waals surface area contributed by atoms with Crippen molar-refractivity contribution in [1.29, 1.82) is 0 Å². The van der Waals surface area contributed by atoms with Gasteiger partial charge in [-0.3, -0.25) is 4.79 Å². The predicted octanol–water partition coefficient (Wildman–Crippen LogP) is 3.13. The Morgan fingerprint density at radius 1 is 1.33 bits per heavy atom. The number of quaternary nitrogens is 1. The molecule has 0 saturated carbocycles. The highest BCUT2D eigenvalue weighted by molar-refractivity contribution is 6.09.